The van der Waals surface area contributed by atoms with Crippen LogP contribution in [0.5, 0.6) is 11.5 Å². The lowest BCUT2D eigenvalue weighted by molar-refractivity contribution is -0.163. The molecule has 7 heteroatoms. The average molecular weight is 396 g/mol. The first-order valence-corrected chi connectivity index (χ1v) is 10.6. The fourth-order valence-corrected chi connectivity index (χ4v) is 8.24. The number of ether oxygens (including phenoxy) is 3. The fourth-order valence-electron chi connectivity index (χ4n) is 8.24. The van der Waals surface area contributed by atoms with Gasteiger partial charge < -0.3 is 19.5 Å². The van der Waals surface area contributed by atoms with Crippen LogP contribution in [0.15, 0.2) is 12.1 Å². The van der Waals surface area contributed by atoms with Crippen LogP contribution in [0.2, 0.25) is 0 Å². The Morgan fingerprint density at radius 1 is 1.28 bits per heavy atom. The van der Waals surface area contributed by atoms with Gasteiger partial charge in [-0.2, -0.15) is 0 Å². The molecule has 29 heavy (non-hydrogen) atoms. The lowest BCUT2D eigenvalue weighted by atomic mass is 9.41. The molecule has 0 amide bonds. The molecule has 1 spiro atoms. The minimum Gasteiger partial charge on any atom is -0.467 e. The maximum atomic E-state index is 13.6. The molecule has 7 rings (SSSR count). The van der Waals surface area contributed by atoms with Crippen LogP contribution in [0, 0.1) is 11.3 Å². The SMILES string of the molecule is COC(=O)C12CCC34CCCN5CC(C(=O)C3)C1(c1ccc3c(c1N2)OCO3)C54. The molecule has 5 unspecified atom stereocenters. The predicted molar refractivity (Wildman–Crippen MR) is 102 cm³/mol. The molecule has 1 N–H and O–H groups in total. The number of Topliss-reactive ketones (excluding diaryl/α,β-unsaturated/α-hetero) is 1. The van der Waals surface area contributed by atoms with E-state index in [0.717, 1.165) is 43.6 Å². The number of nitrogens with one attached hydrogen (secondary N) is 1. The summed E-state index contributed by atoms with van der Waals surface area (Å²) in [6.45, 7) is 1.90. The van der Waals surface area contributed by atoms with E-state index < -0.39 is 11.0 Å². The zero-order valence-electron chi connectivity index (χ0n) is 16.5. The van der Waals surface area contributed by atoms with Crippen molar-refractivity contribution in [1.82, 2.24) is 4.90 Å². The van der Waals surface area contributed by atoms with E-state index in [1.165, 1.54) is 7.11 Å². The Morgan fingerprint density at radius 3 is 3.03 bits per heavy atom. The van der Waals surface area contributed by atoms with E-state index in [2.05, 4.69) is 16.3 Å². The highest BCUT2D eigenvalue weighted by Gasteiger charge is 2.82. The number of fused-ring (bicyclic) bond motifs is 3. The van der Waals surface area contributed by atoms with Crippen molar-refractivity contribution in [1.29, 1.82) is 0 Å². The molecule has 4 aliphatic heterocycles. The Hall–Kier alpha value is -2.28. The van der Waals surface area contributed by atoms with Gasteiger partial charge >= 0.3 is 5.97 Å². The van der Waals surface area contributed by atoms with E-state index in [-0.39, 0.29) is 30.1 Å². The Balaban J connectivity index is 1.58. The highest BCUT2D eigenvalue weighted by atomic mass is 16.7. The van der Waals surface area contributed by atoms with Crippen LogP contribution in [0.3, 0.4) is 0 Å². The summed E-state index contributed by atoms with van der Waals surface area (Å²) in [5.74, 6) is 1.21. The van der Waals surface area contributed by atoms with Gasteiger partial charge in [-0.25, -0.2) is 4.79 Å². The first-order valence-electron chi connectivity index (χ1n) is 10.6. The number of anilines is 1. The lowest BCUT2D eigenvalue weighted by Gasteiger charge is -2.63. The molecule has 4 heterocycles. The van der Waals surface area contributed by atoms with Crippen LogP contribution < -0.4 is 14.8 Å². The average Bonchev–Trinajstić information content (AvgIpc) is 3.40. The lowest BCUT2D eigenvalue weighted by Crippen LogP contribution is -2.75. The molecule has 2 saturated heterocycles. The van der Waals surface area contributed by atoms with Gasteiger partial charge in [0.2, 0.25) is 6.79 Å². The highest BCUT2D eigenvalue weighted by molar-refractivity contribution is 5.99. The number of rotatable bonds is 1. The molecule has 4 fully saturated rings. The number of carbonyl (C=O) groups excluding carboxylic acids is 2. The number of benzene rings is 1. The molecule has 5 atom stereocenters. The molecule has 7 nitrogen and oxygen atoms in total. The third-order valence-electron chi connectivity index (χ3n) is 8.94. The largest absolute Gasteiger partial charge is 0.467 e. The fraction of sp³-hybridized carbons (Fsp3) is 0.636. The molecule has 4 bridgehead atoms. The van der Waals surface area contributed by atoms with Gasteiger partial charge in [-0.15, -0.1) is 0 Å². The zero-order chi connectivity index (χ0) is 19.6. The molecule has 1 aromatic carbocycles. The topological polar surface area (TPSA) is 77.1 Å². The van der Waals surface area contributed by atoms with Gasteiger partial charge in [-0.05, 0) is 49.3 Å². The Morgan fingerprint density at radius 2 is 2.17 bits per heavy atom. The van der Waals surface area contributed by atoms with Crippen LogP contribution in [0.25, 0.3) is 0 Å². The summed E-state index contributed by atoms with van der Waals surface area (Å²) >= 11 is 0. The minimum absolute atomic E-state index is 0.0421. The standard InChI is InChI=1S/C22H24N2O5/c1-27-19(26)21-7-6-20-5-2-8-24-10-13(14(25)9-20)22(21,18(20)24)12-3-4-15-17(16(12)23-21)29-11-28-15/h3-4,13,18,23H,2,5-11H2,1H3. The first-order chi connectivity index (χ1) is 14.1. The second-order valence-electron chi connectivity index (χ2n) is 9.67. The van der Waals surface area contributed by atoms with E-state index in [4.69, 9.17) is 14.2 Å². The summed E-state index contributed by atoms with van der Waals surface area (Å²) in [6, 6.07) is 4.18. The van der Waals surface area contributed by atoms with E-state index in [1.54, 1.807) is 0 Å². The van der Waals surface area contributed by atoms with E-state index in [9.17, 15) is 9.59 Å². The molecule has 1 aromatic rings. The normalized spacial score (nSPS) is 42.9. The summed E-state index contributed by atoms with van der Waals surface area (Å²) < 4.78 is 16.8. The summed E-state index contributed by atoms with van der Waals surface area (Å²) in [4.78, 5) is 29.6. The van der Waals surface area contributed by atoms with Crippen molar-refractivity contribution in [2.24, 2.45) is 11.3 Å². The van der Waals surface area contributed by atoms with Gasteiger partial charge in [0.05, 0.1) is 18.2 Å². The number of piperidine rings is 1. The molecule has 0 aromatic heterocycles. The van der Waals surface area contributed by atoms with Crippen molar-refractivity contribution in [3.05, 3.63) is 17.7 Å². The van der Waals surface area contributed by atoms with Crippen molar-refractivity contribution in [2.45, 2.75) is 49.1 Å². The number of nitrogens with zero attached hydrogens (tertiary/aromatic N) is 1. The summed E-state index contributed by atoms with van der Waals surface area (Å²) in [6.07, 6.45) is 4.38. The number of hydrogen-bond donors (Lipinski definition) is 1. The number of esters is 1. The summed E-state index contributed by atoms with van der Waals surface area (Å²) in [5, 5.41) is 3.60. The predicted octanol–water partition coefficient (Wildman–Crippen LogP) is 1.84. The van der Waals surface area contributed by atoms with Gasteiger partial charge in [0.15, 0.2) is 11.5 Å². The maximum absolute atomic E-state index is 13.6. The van der Waals surface area contributed by atoms with E-state index in [1.807, 2.05) is 6.07 Å². The van der Waals surface area contributed by atoms with Crippen LogP contribution in [0.1, 0.15) is 37.7 Å². The number of carbonyl (C=O) groups is 2. The van der Waals surface area contributed by atoms with Crippen LogP contribution >= 0.6 is 0 Å². The summed E-state index contributed by atoms with van der Waals surface area (Å²) in [7, 11) is 1.46. The molecule has 6 aliphatic rings. The molecular weight excluding hydrogens is 372 g/mol. The van der Waals surface area contributed by atoms with Crippen molar-refractivity contribution in [3.63, 3.8) is 0 Å². The first kappa shape index (κ1) is 16.5. The third kappa shape index (κ3) is 1.52. The van der Waals surface area contributed by atoms with Crippen LogP contribution in [-0.2, 0) is 19.7 Å². The number of ketones is 1. The molecule has 0 radical (unpaired) electrons. The second kappa shape index (κ2) is 4.89. The van der Waals surface area contributed by atoms with Crippen molar-refractivity contribution >= 4 is 17.4 Å². The van der Waals surface area contributed by atoms with Gasteiger partial charge in [0, 0.05) is 24.9 Å². The third-order valence-corrected chi connectivity index (χ3v) is 8.94. The van der Waals surface area contributed by atoms with Gasteiger partial charge in [-0.3, -0.25) is 9.69 Å². The quantitative estimate of drug-likeness (QED) is 0.726. The number of hydrogen-bond acceptors (Lipinski definition) is 7. The van der Waals surface area contributed by atoms with Gasteiger partial charge in [-0.1, -0.05) is 6.07 Å². The highest BCUT2D eigenvalue weighted by Crippen LogP contribution is 2.73. The van der Waals surface area contributed by atoms with Crippen LogP contribution in [0.4, 0.5) is 5.69 Å². The minimum atomic E-state index is -0.938. The molecule has 2 aliphatic carbocycles. The van der Waals surface area contributed by atoms with Crippen molar-refractivity contribution < 1.29 is 23.8 Å². The zero-order valence-corrected chi connectivity index (χ0v) is 16.5. The summed E-state index contributed by atoms with van der Waals surface area (Å²) in [5.41, 5.74) is 0.285. The van der Waals surface area contributed by atoms with Crippen LogP contribution in [-0.4, -0.2) is 55.2 Å². The smallest absolute Gasteiger partial charge is 0.332 e. The van der Waals surface area contributed by atoms with Gasteiger partial charge in [0.1, 0.15) is 11.3 Å². The molecule has 2 saturated carbocycles. The monoisotopic (exact) mass is 396 g/mol. The Kier molecular flexibility index (Phi) is 2.78. The van der Waals surface area contributed by atoms with Gasteiger partial charge in [0.25, 0.3) is 0 Å². The van der Waals surface area contributed by atoms with Crippen molar-refractivity contribution in [2.75, 3.05) is 32.3 Å². The Labute approximate surface area is 168 Å². The number of methoxy groups -OCH3 is 1. The Bertz CT molecular complexity index is 994. The second-order valence-corrected chi connectivity index (χ2v) is 9.67. The van der Waals surface area contributed by atoms with E-state index >= 15 is 0 Å². The molecule has 152 valence electrons. The van der Waals surface area contributed by atoms with Crippen molar-refractivity contribution in [3.8, 4) is 11.5 Å². The maximum Gasteiger partial charge on any atom is 0.332 e. The molecular formula is C22H24N2O5. The van der Waals surface area contributed by atoms with E-state index in [0.29, 0.717) is 30.1 Å².